The molecule has 0 saturated heterocycles. The van der Waals surface area contributed by atoms with Crippen molar-refractivity contribution < 1.29 is 10.2 Å². The second kappa shape index (κ2) is 3.56. The predicted molar refractivity (Wildman–Crippen MR) is 51.7 cm³/mol. The molecule has 4 nitrogen and oxygen atoms in total. The van der Waals surface area contributed by atoms with E-state index < -0.39 is 5.54 Å². The van der Waals surface area contributed by atoms with E-state index in [9.17, 15) is 5.11 Å². The van der Waals surface area contributed by atoms with Gasteiger partial charge in [0.05, 0.1) is 6.07 Å². The van der Waals surface area contributed by atoms with E-state index in [1.165, 1.54) is 12.1 Å². The Bertz CT molecular complexity index is 380. The first kappa shape index (κ1) is 10.4. The molecule has 0 saturated carbocycles. The molecule has 1 aromatic carbocycles. The number of nitrogens with two attached hydrogens (primary N) is 1. The minimum absolute atomic E-state index is 0.176. The molecular formula is C10H12N2O2. The molecule has 0 heterocycles. The van der Waals surface area contributed by atoms with Gasteiger partial charge >= 0.3 is 0 Å². The van der Waals surface area contributed by atoms with Crippen LogP contribution in [-0.4, -0.2) is 15.8 Å². The highest BCUT2D eigenvalue weighted by Gasteiger charge is 2.18. The molecule has 4 heteroatoms. The van der Waals surface area contributed by atoms with Crippen molar-refractivity contribution >= 4 is 0 Å². The normalized spacial score (nSPS) is 14.4. The lowest BCUT2D eigenvalue weighted by Gasteiger charge is -2.15. The first-order valence-corrected chi connectivity index (χ1v) is 4.15. The third kappa shape index (κ3) is 2.38. The van der Waals surface area contributed by atoms with Crippen molar-refractivity contribution in [2.24, 2.45) is 5.73 Å². The van der Waals surface area contributed by atoms with E-state index in [1.54, 1.807) is 13.0 Å². The summed E-state index contributed by atoms with van der Waals surface area (Å²) in [5.41, 5.74) is 5.39. The highest BCUT2D eigenvalue weighted by molar-refractivity contribution is 5.41. The summed E-state index contributed by atoms with van der Waals surface area (Å²) in [7, 11) is 0. The summed E-state index contributed by atoms with van der Waals surface area (Å²) in [6.07, 6.45) is 0.331. The van der Waals surface area contributed by atoms with Gasteiger partial charge in [0.15, 0.2) is 11.5 Å². The molecule has 74 valence electrons. The minimum atomic E-state index is -0.955. The lowest BCUT2D eigenvalue weighted by molar-refractivity contribution is 0.402. The average molecular weight is 192 g/mol. The highest BCUT2D eigenvalue weighted by atomic mass is 16.3. The molecule has 0 radical (unpaired) electrons. The molecule has 0 aliphatic rings. The SMILES string of the molecule is CC(N)(C#N)Cc1ccc(O)c(O)c1. The van der Waals surface area contributed by atoms with E-state index in [1.807, 2.05) is 6.07 Å². The van der Waals surface area contributed by atoms with Gasteiger partial charge in [0.25, 0.3) is 0 Å². The molecule has 1 unspecified atom stereocenters. The summed E-state index contributed by atoms with van der Waals surface area (Å²) < 4.78 is 0. The van der Waals surface area contributed by atoms with Gasteiger partial charge in [-0.05, 0) is 24.6 Å². The summed E-state index contributed by atoms with van der Waals surface area (Å²) in [6.45, 7) is 1.61. The van der Waals surface area contributed by atoms with Crippen molar-refractivity contribution in [1.82, 2.24) is 0 Å². The van der Waals surface area contributed by atoms with Gasteiger partial charge in [-0.15, -0.1) is 0 Å². The smallest absolute Gasteiger partial charge is 0.157 e. The second-order valence-corrected chi connectivity index (χ2v) is 3.53. The van der Waals surface area contributed by atoms with E-state index in [0.29, 0.717) is 12.0 Å². The average Bonchev–Trinajstić information content (AvgIpc) is 2.11. The van der Waals surface area contributed by atoms with Crippen LogP contribution in [0.4, 0.5) is 0 Å². The minimum Gasteiger partial charge on any atom is -0.504 e. The predicted octanol–water partition coefficient (Wildman–Crippen LogP) is 0.881. The Hall–Kier alpha value is -1.73. The summed E-state index contributed by atoms with van der Waals surface area (Å²) in [5.74, 6) is -0.374. The molecule has 14 heavy (non-hydrogen) atoms. The summed E-state index contributed by atoms with van der Waals surface area (Å²) >= 11 is 0. The Kier molecular flexibility index (Phi) is 2.63. The van der Waals surface area contributed by atoms with Crippen LogP contribution < -0.4 is 5.73 Å². The van der Waals surface area contributed by atoms with E-state index in [2.05, 4.69) is 0 Å². The lowest BCUT2D eigenvalue weighted by Crippen LogP contribution is -2.36. The van der Waals surface area contributed by atoms with Crippen LogP contribution in [0, 0.1) is 11.3 Å². The molecule has 0 bridgehead atoms. The Balaban J connectivity index is 2.90. The van der Waals surface area contributed by atoms with Gasteiger partial charge in [-0.2, -0.15) is 5.26 Å². The molecule has 1 rings (SSSR count). The number of nitriles is 1. The van der Waals surface area contributed by atoms with Crippen LogP contribution in [0.15, 0.2) is 18.2 Å². The third-order valence-electron chi connectivity index (χ3n) is 1.87. The zero-order valence-electron chi connectivity index (χ0n) is 7.86. The van der Waals surface area contributed by atoms with Gasteiger partial charge in [0.1, 0.15) is 5.54 Å². The van der Waals surface area contributed by atoms with E-state index in [0.717, 1.165) is 0 Å². The molecule has 1 atom stereocenters. The topological polar surface area (TPSA) is 90.3 Å². The molecule has 1 aromatic rings. The first-order valence-electron chi connectivity index (χ1n) is 4.15. The van der Waals surface area contributed by atoms with Gasteiger partial charge in [-0.1, -0.05) is 6.07 Å². The molecule has 0 aromatic heterocycles. The third-order valence-corrected chi connectivity index (χ3v) is 1.87. The molecule has 0 spiro atoms. The van der Waals surface area contributed by atoms with Crippen molar-refractivity contribution in [3.05, 3.63) is 23.8 Å². The number of rotatable bonds is 2. The van der Waals surface area contributed by atoms with E-state index in [-0.39, 0.29) is 11.5 Å². The number of benzene rings is 1. The maximum Gasteiger partial charge on any atom is 0.157 e. The summed E-state index contributed by atoms with van der Waals surface area (Å²) in [6, 6.07) is 6.35. The zero-order chi connectivity index (χ0) is 10.8. The second-order valence-electron chi connectivity index (χ2n) is 3.53. The number of phenols is 2. The largest absolute Gasteiger partial charge is 0.504 e. The van der Waals surface area contributed by atoms with Gasteiger partial charge in [0.2, 0.25) is 0 Å². The lowest BCUT2D eigenvalue weighted by atomic mass is 9.95. The van der Waals surface area contributed by atoms with Crippen molar-refractivity contribution in [2.45, 2.75) is 18.9 Å². The Labute approximate surface area is 82.2 Å². The summed E-state index contributed by atoms with van der Waals surface area (Å²) in [4.78, 5) is 0. The van der Waals surface area contributed by atoms with Crippen LogP contribution >= 0.6 is 0 Å². The zero-order valence-corrected chi connectivity index (χ0v) is 7.86. The molecule has 0 fully saturated rings. The van der Waals surface area contributed by atoms with Crippen molar-refractivity contribution in [2.75, 3.05) is 0 Å². The fraction of sp³-hybridized carbons (Fsp3) is 0.300. The van der Waals surface area contributed by atoms with Crippen molar-refractivity contribution in [3.8, 4) is 17.6 Å². The highest BCUT2D eigenvalue weighted by Crippen LogP contribution is 2.26. The van der Waals surface area contributed by atoms with E-state index >= 15 is 0 Å². The number of nitrogens with zero attached hydrogens (tertiary/aromatic N) is 1. The number of hydrogen-bond donors (Lipinski definition) is 3. The maximum absolute atomic E-state index is 9.20. The van der Waals surface area contributed by atoms with Gasteiger partial charge in [-0.3, -0.25) is 0 Å². The maximum atomic E-state index is 9.20. The summed E-state index contributed by atoms with van der Waals surface area (Å²) in [5, 5.41) is 26.9. The van der Waals surface area contributed by atoms with Crippen LogP contribution in [-0.2, 0) is 6.42 Å². The fourth-order valence-corrected chi connectivity index (χ4v) is 1.14. The molecular weight excluding hydrogens is 180 g/mol. The fourth-order valence-electron chi connectivity index (χ4n) is 1.14. The standard InChI is InChI=1S/C10H12N2O2/c1-10(12,6-11)5-7-2-3-8(13)9(14)4-7/h2-4,13-14H,5,12H2,1H3. The quantitative estimate of drug-likeness (QED) is 0.607. The molecule has 0 aliphatic heterocycles. The van der Waals surface area contributed by atoms with Crippen molar-refractivity contribution in [1.29, 1.82) is 5.26 Å². The number of phenolic OH excluding ortho intramolecular Hbond substituents is 2. The van der Waals surface area contributed by atoms with Gasteiger partial charge in [0, 0.05) is 6.42 Å². The van der Waals surface area contributed by atoms with Crippen LogP contribution in [0.1, 0.15) is 12.5 Å². The monoisotopic (exact) mass is 192 g/mol. The first-order chi connectivity index (χ1) is 6.44. The van der Waals surface area contributed by atoms with Crippen LogP contribution in [0.5, 0.6) is 11.5 Å². The number of aromatic hydroxyl groups is 2. The van der Waals surface area contributed by atoms with Crippen LogP contribution in [0.3, 0.4) is 0 Å². The van der Waals surface area contributed by atoms with E-state index in [4.69, 9.17) is 16.1 Å². The molecule has 4 N–H and O–H groups in total. The Morgan fingerprint density at radius 1 is 1.43 bits per heavy atom. The van der Waals surface area contributed by atoms with Crippen LogP contribution in [0.2, 0.25) is 0 Å². The van der Waals surface area contributed by atoms with Crippen molar-refractivity contribution in [3.63, 3.8) is 0 Å². The Morgan fingerprint density at radius 2 is 2.07 bits per heavy atom. The number of hydrogen-bond acceptors (Lipinski definition) is 4. The van der Waals surface area contributed by atoms with Gasteiger partial charge in [-0.25, -0.2) is 0 Å². The Morgan fingerprint density at radius 3 is 2.57 bits per heavy atom. The van der Waals surface area contributed by atoms with Gasteiger partial charge < -0.3 is 15.9 Å². The molecule has 0 aliphatic carbocycles. The van der Waals surface area contributed by atoms with Crippen LogP contribution in [0.25, 0.3) is 0 Å². The molecule has 0 amide bonds.